The van der Waals surface area contributed by atoms with E-state index in [4.69, 9.17) is 10.2 Å². The van der Waals surface area contributed by atoms with Crippen LogP contribution in [0.4, 0.5) is 5.69 Å². The quantitative estimate of drug-likeness (QED) is 0.865. The summed E-state index contributed by atoms with van der Waals surface area (Å²) in [6.07, 6.45) is 5.17. The number of benzene rings is 1. The molecule has 0 amide bonds. The van der Waals surface area contributed by atoms with Crippen LogP contribution in [-0.4, -0.2) is 19.1 Å². The second-order valence-electron chi connectivity index (χ2n) is 6.71. The molecule has 1 aromatic carbocycles. The fourth-order valence-corrected chi connectivity index (χ4v) is 4.05. The molecule has 2 aliphatic rings. The van der Waals surface area contributed by atoms with Crippen LogP contribution in [0.2, 0.25) is 0 Å². The summed E-state index contributed by atoms with van der Waals surface area (Å²) < 4.78 is 5.63. The highest BCUT2D eigenvalue weighted by Gasteiger charge is 2.27. The zero-order valence-corrected chi connectivity index (χ0v) is 13.0. The van der Waals surface area contributed by atoms with E-state index in [0.29, 0.717) is 6.42 Å². The number of nitrogens with two attached hydrogens (primary N) is 1. The second kappa shape index (κ2) is 5.13. The van der Waals surface area contributed by atoms with Gasteiger partial charge in [0.15, 0.2) is 0 Å². The predicted octanol–water partition coefficient (Wildman–Crippen LogP) is 2.38. The van der Waals surface area contributed by atoms with Crippen LogP contribution < -0.4 is 16.3 Å². The molecule has 0 saturated carbocycles. The van der Waals surface area contributed by atoms with Gasteiger partial charge in [-0.3, -0.25) is 0 Å². The molecule has 116 valence electrons. The molecule has 0 radical (unpaired) electrons. The van der Waals surface area contributed by atoms with E-state index in [2.05, 4.69) is 11.0 Å². The maximum atomic E-state index is 12.0. The Hall–Kier alpha value is -1.81. The van der Waals surface area contributed by atoms with E-state index >= 15 is 0 Å². The third-order valence-electron chi connectivity index (χ3n) is 4.86. The van der Waals surface area contributed by atoms with Gasteiger partial charge in [-0.2, -0.15) is 0 Å². The molecule has 1 unspecified atom stereocenters. The van der Waals surface area contributed by atoms with Gasteiger partial charge in [0.2, 0.25) is 0 Å². The Kier molecular flexibility index (Phi) is 3.22. The standard InChI is InChI=1S/C18H22N2O2/c1-11(19)8-13-10-16(21)22-18-14-5-3-7-20-6-2-4-12(17(14)20)9-15(13)18/h9-11H,2-8,19H2,1H3. The Labute approximate surface area is 129 Å². The molecule has 2 aliphatic heterocycles. The molecule has 3 heterocycles. The van der Waals surface area contributed by atoms with E-state index in [1.807, 2.05) is 6.92 Å². The normalized spacial score (nSPS) is 18.4. The Morgan fingerprint density at radius 1 is 1.27 bits per heavy atom. The van der Waals surface area contributed by atoms with Gasteiger partial charge < -0.3 is 15.1 Å². The van der Waals surface area contributed by atoms with Gasteiger partial charge in [-0.25, -0.2) is 4.79 Å². The van der Waals surface area contributed by atoms with Crippen LogP contribution in [0.5, 0.6) is 0 Å². The van der Waals surface area contributed by atoms with Gasteiger partial charge in [-0.15, -0.1) is 0 Å². The zero-order chi connectivity index (χ0) is 15.3. The van der Waals surface area contributed by atoms with Crippen molar-refractivity contribution in [2.24, 2.45) is 5.73 Å². The van der Waals surface area contributed by atoms with Gasteiger partial charge in [-0.05, 0) is 56.2 Å². The average Bonchev–Trinajstić information content (AvgIpc) is 2.48. The first-order valence-electron chi connectivity index (χ1n) is 8.25. The van der Waals surface area contributed by atoms with Gasteiger partial charge in [0.25, 0.3) is 0 Å². The SMILES string of the molecule is CC(N)Cc1cc(=O)oc2c3c4c(cc12)CCCN4CCC3. The highest BCUT2D eigenvalue weighted by atomic mass is 16.4. The van der Waals surface area contributed by atoms with Crippen molar-refractivity contribution in [3.05, 3.63) is 39.2 Å². The van der Waals surface area contributed by atoms with Gasteiger partial charge in [-0.1, -0.05) is 0 Å². The van der Waals surface area contributed by atoms with Crippen molar-refractivity contribution in [3.63, 3.8) is 0 Å². The number of hydrogen-bond acceptors (Lipinski definition) is 4. The molecule has 2 aromatic rings. The Bertz CT molecular complexity index is 790. The maximum absolute atomic E-state index is 12.0. The minimum Gasteiger partial charge on any atom is -0.422 e. The first-order valence-corrected chi connectivity index (χ1v) is 8.25. The average molecular weight is 298 g/mol. The van der Waals surface area contributed by atoms with Crippen molar-refractivity contribution < 1.29 is 4.42 Å². The summed E-state index contributed by atoms with van der Waals surface area (Å²) >= 11 is 0. The van der Waals surface area contributed by atoms with Gasteiger partial charge in [0.1, 0.15) is 5.58 Å². The molecular weight excluding hydrogens is 276 g/mol. The summed E-state index contributed by atoms with van der Waals surface area (Å²) in [7, 11) is 0. The van der Waals surface area contributed by atoms with Gasteiger partial charge in [0.05, 0.1) is 0 Å². The third kappa shape index (κ3) is 2.13. The number of hydrogen-bond donors (Lipinski definition) is 1. The van der Waals surface area contributed by atoms with Gasteiger partial charge in [0, 0.05) is 41.8 Å². The summed E-state index contributed by atoms with van der Waals surface area (Å²) in [6, 6.07) is 3.90. The smallest absolute Gasteiger partial charge is 0.336 e. The van der Waals surface area contributed by atoms with E-state index in [1.54, 1.807) is 6.07 Å². The van der Waals surface area contributed by atoms with Crippen molar-refractivity contribution in [2.75, 3.05) is 18.0 Å². The summed E-state index contributed by atoms with van der Waals surface area (Å²) in [4.78, 5) is 14.5. The molecule has 0 fully saturated rings. The number of rotatable bonds is 2. The topological polar surface area (TPSA) is 59.5 Å². The van der Waals surface area contributed by atoms with Crippen LogP contribution in [0.3, 0.4) is 0 Å². The van der Waals surface area contributed by atoms with E-state index < -0.39 is 0 Å². The Morgan fingerprint density at radius 2 is 2.05 bits per heavy atom. The lowest BCUT2D eigenvalue weighted by Gasteiger charge is -2.37. The number of anilines is 1. The number of aryl methyl sites for hydroxylation is 2. The summed E-state index contributed by atoms with van der Waals surface area (Å²) in [5.41, 5.74) is 11.5. The van der Waals surface area contributed by atoms with Crippen molar-refractivity contribution in [1.29, 1.82) is 0 Å². The molecule has 1 aromatic heterocycles. The summed E-state index contributed by atoms with van der Waals surface area (Å²) in [6.45, 7) is 4.22. The van der Waals surface area contributed by atoms with Crippen molar-refractivity contribution in [1.82, 2.24) is 0 Å². The van der Waals surface area contributed by atoms with E-state index in [0.717, 1.165) is 48.9 Å². The lowest BCUT2D eigenvalue weighted by atomic mass is 9.88. The molecular formula is C18H22N2O2. The minimum atomic E-state index is -0.257. The van der Waals surface area contributed by atoms with E-state index in [1.165, 1.54) is 23.2 Å². The molecule has 0 bridgehead atoms. The molecule has 4 nitrogen and oxygen atoms in total. The lowest BCUT2D eigenvalue weighted by molar-refractivity contribution is 0.546. The van der Waals surface area contributed by atoms with Crippen LogP contribution >= 0.6 is 0 Å². The van der Waals surface area contributed by atoms with Crippen LogP contribution in [-0.2, 0) is 19.3 Å². The van der Waals surface area contributed by atoms with Crippen LogP contribution in [0.25, 0.3) is 11.0 Å². The van der Waals surface area contributed by atoms with Crippen molar-refractivity contribution in [2.45, 2.75) is 45.1 Å². The summed E-state index contributed by atoms with van der Waals surface area (Å²) in [5, 5.41) is 1.09. The fourth-order valence-electron chi connectivity index (χ4n) is 4.05. The van der Waals surface area contributed by atoms with Gasteiger partial charge >= 0.3 is 5.63 Å². The number of nitrogens with zero attached hydrogens (tertiary/aromatic N) is 1. The molecule has 2 N–H and O–H groups in total. The largest absolute Gasteiger partial charge is 0.422 e. The second-order valence-corrected chi connectivity index (χ2v) is 6.71. The Balaban J connectivity index is 2.03. The first-order chi connectivity index (χ1) is 10.6. The van der Waals surface area contributed by atoms with Crippen LogP contribution in [0, 0.1) is 0 Å². The zero-order valence-electron chi connectivity index (χ0n) is 13.0. The molecule has 4 heteroatoms. The van der Waals surface area contributed by atoms with Crippen LogP contribution in [0.1, 0.15) is 36.5 Å². The van der Waals surface area contributed by atoms with Crippen molar-refractivity contribution >= 4 is 16.7 Å². The molecule has 4 rings (SSSR count). The minimum absolute atomic E-state index is 0.0360. The highest BCUT2D eigenvalue weighted by molar-refractivity contribution is 5.90. The monoisotopic (exact) mass is 298 g/mol. The highest BCUT2D eigenvalue weighted by Crippen LogP contribution is 2.40. The van der Waals surface area contributed by atoms with E-state index in [9.17, 15) is 4.79 Å². The molecule has 0 aliphatic carbocycles. The molecule has 22 heavy (non-hydrogen) atoms. The van der Waals surface area contributed by atoms with Crippen LogP contribution in [0.15, 0.2) is 21.3 Å². The number of fused-ring (bicyclic) bond motifs is 2. The van der Waals surface area contributed by atoms with E-state index in [-0.39, 0.29) is 11.7 Å². The predicted molar refractivity (Wildman–Crippen MR) is 88.7 cm³/mol. The molecule has 0 saturated heterocycles. The first kappa shape index (κ1) is 13.8. The maximum Gasteiger partial charge on any atom is 0.336 e. The molecule has 1 atom stereocenters. The molecule has 0 spiro atoms. The lowest BCUT2D eigenvalue weighted by Crippen LogP contribution is -2.34. The Morgan fingerprint density at radius 3 is 2.82 bits per heavy atom. The summed E-state index contributed by atoms with van der Waals surface area (Å²) in [5.74, 6) is 0. The van der Waals surface area contributed by atoms with Crippen molar-refractivity contribution in [3.8, 4) is 0 Å². The fraction of sp³-hybridized carbons (Fsp3) is 0.500. The third-order valence-corrected chi connectivity index (χ3v) is 4.86.